The molecule has 0 amide bonds. The fourth-order valence-corrected chi connectivity index (χ4v) is 4.43. The molecule has 1 fully saturated rings. The molecule has 0 saturated carbocycles. The molecule has 35 heavy (non-hydrogen) atoms. The van der Waals surface area contributed by atoms with Gasteiger partial charge in [-0.15, -0.1) is 0 Å². The number of furan rings is 1. The van der Waals surface area contributed by atoms with E-state index in [0.717, 1.165) is 31.5 Å². The molecule has 2 aromatic carbocycles. The number of carbonyl (C=O) groups excluding carboxylic acids is 1. The van der Waals surface area contributed by atoms with Gasteiger partial charge in [-0.25, -0.2) is 4.39 Å². The monoisotopic (exact) mass is 531 g/mol. The van der Waals surface area contributed by atoms with Crippen molar-refractivity contribution < 1.29 is 13.6 Å². The third-order valence-corrected chi connectivity index (χ3v) is 6.94. The van der Waals surface area contributed by atoms with Gasteiger partial charge in [-0.1, -0.05) is 23.2 Å². The number of rotatable bonds is 6. The fraction of sp³-hybridized carbons (Fsp3) is 0.231. The summed E-state index contributed by atoms with van der Waals surface area (Å²) in [5.41, 5.74) is 2.13. The van der Waals surface area contributed by atoms with Gasteiger partial charge in [0.15, 0.2) is 11.4 Å². The number of nitrogens with zero attached hydrogens (tertiary/aromatic N) is 2. The molecule has 0 spiro atoms. The maximum absolute atomic E-state index is 14.8. The number of hydrogen-bond donors (Lipinski definition) is 1. The maximum Gasteiger partial charge on any atom is 0.177 e. The predicted molar refractivity (Wildman–Crippen MR) is 145 cm³/mol. The zero-order valence-electron chi connectivity index (χ0n) is 19.1. The summed E-state index contributed by atoms with van der Waals surface area (Å²) in [5, 5.41) is 4.01. The Hall–Kier alpha value is -2.87. The highest BCUT2D eigenvalue weighted by atomic mass is 35.5. The molecule has 2 heterocycles. The summed E-state index contributed by atoms with van der Waals surface area (Å²) in [4.78, 5) is 15.4. The number of halogens is 3. The number of piperidine rings is 1. The highest BCUT2D eigenvalue weighted by Crippen LogP contribution is 2.30. The van der Waals surface area contributed by atoms with E-state index in [0.29, 0.717) is 39.2 Å². The van der Waals surface area contributed by atoms with E-state index >= 15 is 0 Å². The van der Waals surface area contributed by atoms with Crippen molar-refractivity contribution in [2.75, 3.05) is 29.9 Å². The first kappa shape index (κ1) is 25.2. The molecule has 4 rings (SSSR count). The van der Waals surface area contributed by atoms with E-state index in [4.69, 9.17) is 39.8 Å². The first-order chi connectivity index (χ1) is 16.9. The third kappa shape index (κ3) is 6.04. The van der Waals surface area contributed by atoms with E-state index in [1.165, 1.54) is 18.6 Å². The Morgan fingerprint density at radius 1 is 1.09 bits per heavy atom. The van der Waals surface area contributed by atoms with Crippen LogP contribution in [-0.4, -0.2) is 31.5 Å². The maximum atomic E-state index is 14.8. The Kier molecular flexibility index (Phi) is 8.11. The Balaban J connectivity index is 1.45. The second-order valence-electron chi connectivity index (χ2n) is 8.22. The van der Waals surface area contributed by atoms with E-state index in [1.807, 2.05) is 6.07 Å². The van der Waals surface area contributed by atoms with Gasteiger partial charge < -0.3 is 19.5 Å². The van der Waals surface area contributed by atoms with Gasteiger partial charge in [0.2, 0.25) is 0 Å². The number of nitrogens with one attached hydrogen (secondary N) is 1. The van der Waals surface area contributed by atoms with Gasteiger partial charge in [-0.05, 0) is 80.0 Å². The van der Waals surface area contributed by atoms with Gasteiger partial charge in [-0.3, -0.25) is 4.79 Å². The van der Waals surface area contributed by atoms with Crippen molar-refractivity contribution in [3.63, 3.8) is 0 Å². The molecule has 1 aromatic heterocycles. The highest BCUT2D eigenvalue weighted by Gasteiger charge is 2.17. The van der Waals surface area contributed by atoms with Crippen LogP contribution in [0.25, 0.3) is 17.4 Å². The van der Waals surface area contributed by atoms with Crippen LogP contribution in [0, 0.1) is 5.82 Å². The predicted octanol–water partition coefficient (Wildman–Crippen LogP) is 6.93. The van der Waals surface area contributed by atoms with Crippen LogP contribution in [-0.2, 0) is 4.79 Å². The minimum Gasteiger partial charge on any atom is -0.457 e. The zero-order valence-corrected chi connectivity index (χ0v) is 21.4. The fourth-order valence-electron chi connectivity index (χ4n) is 3.91. The van der Waals surface area contributed by atoms with Gasteiger partial charge in [0, 0.05) is 37.5 Å². The van der Waals surface area contributed by atoms with E-state index < -0.39 is 0 Å². The SMILES string of the molecule is CN(C(=S)N/C(C=O)=C\c1ccc(-c2ccc(Cl)c(Cl)c2)o1)c1ccc(N2CCCCC2)c(F)c1. The molecule has 5 nitrogen and oxygen atoms in total. The van der Waals surface area contributed by atoms with Crippen LogP contribution >= 0.6 is 35.4 Å². The summed E-state index contributed by atoms with van der Waals surface area (Å²) in [5.74, 6) is 0.725. The normalized spacial score (nSPS) is 14.1. The van der Waals surface area contributed by atoms with Crippen LogP contribution in [0.15, 0.2) is 58.6 Å². The molecule has 0 atom stereocenters. The smallest absolute Gasteiger partial charge is 0.177 e. The molecular formula is C26H24Cl2FN3O2S. The van der Waals surface area contributed by atoms with Gasteiger partial charge in [0.05, 0.1) is 21.4 Å². The third-order valence-electron chi connectivity index (χ3n) is 5.83. The molecular weight excluding hydrogens is 508 g/mol. The van der Waals surface area contributed by atoms with Gasteiger partial charge in [0.1, 0.15) is 17.3 Å². The van der Waals surface area contributed by atoms with Crippen LogP contribution in [0.5, 0.6) is 0 Å². The zero-order chi connectivity index (χ0) is 24.9. The molecule has 9 heteroatoms. The van der Waals surface area contributed by atoms with E-state index in [9.17, 15) is 9.18 Å². The molecule has 1 N–H and O–H groups in total. The molecule has 1 aliphatic rings. The average molecular weight is 532 g/mol. The van der Waals surface area contributed by atoms with Crippen molar-refractivity contribution in [2.45, 2.75) is 19.3 Å². The van der Waals surface area contributed by atoms with Crippen LogP contribution in [0.2, 0.25) is 10.0 Å². The van der Waals surface area contributed by atoms with E-state index in [1.54, 1.807) is 48.3 Å². The molecule has 3 aromatic rings. The van der Waals surface area contributed by atoms with Gasteiger partial charge >= 0.3 is 0 Å². The summed E-state index contributed by atoms with van der Waals surface area (Å²) in [6.45, 7) is 1.72. The molecule has 1 aliphatic heterocycles. The lowest BCUT2D eigenvalue weighted by Crippen LogP contribution is -2.37. The lowest BCUT2D eigenvalue weighted by Gasteiger charge is -2.30. The minimum atomic E-state index is -0.296. The van der Waals surface area contributed by atoms with Crippen molar-refractivity contribution >= 4 is 64.3 Å². The summed E-state index contributed by atoms with van der Waals surface area (Å²) in [6.07, 6.45) is 5.50. The molecule has 0 radical (unpaired) electrons. The number of carbonyl (C=O) groups is 1. The molecule has 0 aliphatic carbocycles. The molecule has 182 valence electrons. The Morgan fingerprint density at radius 3 is 2.54 bits per heavy atom. The van der Waals surface area contributed by atoms with Gasteiger partial charge in [-0.2, -0.15) is 0 Å². The van der Waals surface area contributed by atoms with Crippen LogP contribution in [0.1, 0.15) is 25.0 Å². The minimum absolute atomic E-state index is 0.197. The van der Waals surface area contributed by atoms with E-state index in [2.05, 4.69) is 10.2 Å². The van der Waals surface area contributed by atoms with E-state index in [-0.39, 0.29) is 16.6 Å². The van der Waals surface area contributed by atoms with Crippen molar-refractivity contribution in [3.05, 3.63) is 75.9 Å². The van der Waals surface area contributed by atoms with Gasteiger partial charge in [0.25, 0.3) is 0 Å². The number of hydrogen-bond acceptors (Lipinski definition) is 4. The first-order valence-electron chi connectivity index (χ1n) is 11.2. The summed E-state index contributed by atoms with van der Waals surface area (Å²) in [7, 11) is 1.71. The number of thiocarbonyl (C=S) groups is 1. The van der Waals surface area contributed by atoms with Crippen molar-refractivity contribution in [1.29, 1.82) is 0 Å². The first-order valence-corrected chi connectivity index (χ1v) is 12.3. The standard InChI is InChI=1S/C26H24Cl2FN3O2S/c1-31(19-6-9-24(23(29)15-19)32-11-3-2-4-12-32)26(35)30-18(16-33)14-20-7-10-25(34-20)17-5-8-21(27)22(28)13-17/h5-10,13-16H,2-4,11-12H2,1H3,(H,30,35)/b18-14-. The summed E-state index contributed by atoms with van der Waals surface area (Å²) in [6, 6.07) is 13.7. The second-order valence-corrected chi connectivity index (χ2v) is 9.42. The largest absolute Gasteiger partial charge is 0.457 e. The average Bonchev–Trinajstić information content (AvgIpc) is 3.33. The second kappa shape index (κ2) is 11.2. The number of allylic oxidation sites excluding steroid dienone is 1. The number of anilines is 2. The van der Waals surface area contributed by atoms with Crippen molar-refractivity contribution in [2.24, 2.45) is 0 Å². The summed E-state index contributed by atoms with van der Waals surface area (Å²) >= 11 is 17.5. The molecule has 0 bridgehead atoms. The highest BCUT2D eigenvalue weighted by molar-refractivity contribution is 7.80. The topological polar surface area (TPSA) is 48.7 Å². The van der Waals surface area contributed by atoms with Crippen molar-refractivity contribution in [1.82, 2.24) is 5.32 Å². The van der Waals surface area contributed by atoms with Crippen LogP contribution in [0.3, 0.4) is 0 Å². The number of benzene rings is 2. The van der Waals surface area contributed by atoms with Crippen LogP contribution < -0.4 is 15.1 Å². The lowest BCUT2D eigenvalue weighted by atomic mass is 10.1. The Morgan fingerprint density at radius 2 is 1.86 bits per heavy atom. The Bertz CT molecular complexity index is 1270. The number of aldehydes is 1. The summed E-state index contributed by atoms with van der Waals surface area (Å²) < 4.78 is 20.7. The molecule has 1 saturated heterocycles. The van der Waals surface area contributed by atoms with Crippen molar-refractivity contribution in [3.8, 4) is 11.3 Å². The van der Waals surface area contributed by atoms with Crippen LogP contribution in [0.4, 0.5) is 15.8 Å². The quantitative estimate of drug-likeness (QED) is 0.211. The molecule has 0 unspecified atom stereocenters. The lowest BCUT2D eigenvalue weighted by molar-refractivity contribution is -0.105. The Labute approximate surface area is 219 Å².